The van der Waals surface area contributed by atoms with Gasteiger partial charge in [0.25, 0.3) is 5.91 Å². The number of hydrogen-bond donors (Lipinski definition) is 1. The van der Waals surface area contributed by atoms with E-state index < -0.39 is 10.8 Å². The van der Waals surface area contributed by atoms with E-state index in [1.54, 1.807) is 22.9 Å². The highest BCUT2D eigenvalue weighted by Crippen LogP contribution is 2.26. The van der Waals surface area contributed by atoms with Crippen LogP contribution in [0.25, 0.3) is 0 Å². The van der Waals surface area contributed by atoms with Crippen LogP contribution in [0.3, 0.4) is 0 Å². The fourth-order valence-corrected chi connectivity index (χ4v) is 3.05. The van der Waals surface area contributed by atoms with Gasteiger partial charge in [-0.15, -0.1) is 5.10 Å². The minimum atomic E-state index is -0.532. The van der Waals surface area contributed by atoms with Crippen molar-refractivity contribution in [1.82, 2.24) is 24.5 Å². The van der Waals surface area contributed by atoms with Crippen molar-refractivity contribution >= 4 is 29.1 Å². The zero-order valence-electron chi connectivity index (χ0n) is 16.5. The number of anilines is 1. The lowest BCUT2D eigenvalue weighted by atomic mass is 10.2. The van der Waals surface area contributed by atoms with E-state index >= 15 is 0 Å². The molecule has 4 rings (SSSR count). The van der Waals surface area contributed by atoms with Gasteiger partial charge in [-0.1, -0.05) is 35.9 Å². The molecule has 0 saturated carbocycles. The number of aromatic nitrogens is 5. The van der Waals surface area contributed by atoms with Gasteiger partial charge in [0.2, 0.25) is 5.95 Å². The highest BCUT2D eigenvalue weighted by Gasteiger charge is 2.15. The van der Waals surface area contributed by atoms with Crippen LogP contribution in [0.15, 0.2) is 67.1 Å². The number of hydrogen-bond acceptors (Lipinski definition) is 7. The summed E-state index contributed by atoms with van der Waals surface area (Å²) < 4.78 is 8.37. The summed E-state index contributed by atoms with van der Waals surface area (Å²) >= 11 is 5.98. The molecule has 32 heavy (non-hydrogen) atoms. The van der Waals surface area contributed by atoms with Crippen molar-refractivity contribution in [1.29, 1.82) is 0 Å². The van der Waals surface area contributed by atoms with Crippen molar-refractivity contribution < 1.29 is 14.5 Å². The average Bonchev–Trinajstić information content (AvgIpc) is 3.42. The molecule has 12 heteroatoms. The van der Waals surface area contributed by atoms with E-state index in [-0.39, 0.29) is 29.8 Å². The smallest absolute Gasteiger partial charge is 0.311 e. The van der Waals surface area contributed by atoms with Crippen LogP contribution in [0.2, 0.25) is 5.02 Å². The third-order valence-electron chi connectivity index (χ3n) is 4.28. The number of halogens is 1. The van der Waals surface area contributed by atoms with Gasteiger partial charge in [-0.2, -0.15) is 5.10 Å². The van der Waals surface area contributed by atoms with E-state index in [1.807, 2.05) is 18.2 Å². The fourth-order valence-electron chi connectivity index (χ4n) is 2.84. The second kappa shape index (κ2) is 9.27. The van der Waals surface area contributed by atoms with Gasteiger partial charge in [0.05, 0.1) is 11.5 Å². The number of benzene rings is 2. The second-order valence-corrected chi connectivity index (χ2v) is 7.02. The maximum Gasteiger partial charge on any atom is 0.311 e. The summed E-state index contributed by atoms with van der Waals surface area (Å²) in [5.74, 6) is -0.272. The number of para-hydroxylation sites is 2. The van der Waals surface area contributed by atoms with E-state index in [2.05, 4.69) is 20.5 Å². The van der Waals surface area contributed by atoms with Crippen LogP contribution >= 0.6 is 11.6 Å². The summed E-state index contributed by atoms with van der Waals surface area (Å²) in [6.45, 7) is 0.339. The van der Waals surface area contributed by atoms with Gasteiger partial charge in [-0.05, 0) is 29.8 Å². The first-order chi connectivity index (χ1) is 15.5. The lowest BCUT2D eigenvalue weighted by Gasteiger charge is -2.06. The molecule has 1 amide bonds. The Morgan fingerprint density at radius 2 is 1.97 bits per heavy atom. The molecule has 2 aromatic heterocycles. The maximum absolute atomic E-state index is 12.4. The highest BCUT2D eigenvalue weighted by atomic mass is 35.5. The van der Waals surface area contributed by atoms with Crippen LogP contribution < -0.4 is 10.1 Å². The van der Waals surface area contributed by atoms with E-state index in [1.165, 1.54) is 35.4 Å². The van der Waals surface area contributed by atoms with Crippen LogP contribution in [0, 0.1) is 10.1 Å². The van der Waals surface area contributed by atoms with Gasteiger partial charge >= 0.3 is 5.69 Å². The number of amides is 1. The van der Waals surface area contributed by atoms with Crippen molar-refractivity contribution in [3.63, 3.8) is 0 Å². The number of nitro groups is 1. The Hall–Kier alpha value is -4.25. The zero-order chi connectivity index (χ0) is 22.5. The van der Waals surface area contributed by atoms with Crippen molar-refractivity contribution in [2.45, 2.75) is 13.3 Å². The number of ether oxygens (including phenoxy) is 1. The van der Waals surface area contributed by atoms with Gasteiger partial charge in [0.15, 0.2) is 18.2 Å². The molecule has 0 unspecified atom stereocenters. The molecule has 0 fully saturated rings. The molecule has 0 spiro atoms. The van der Waals surface area contributed by atoms with Crippen molar-refractivity contribution in [3.05, 3.63) is 93.5 Å². The Kier molecular flexibility index (Phi) is 6.08. The monoisotopic (exact) mass is 453 g/mol. The molecule has 0 radical (unpaired) electrons. The third-order valence-corrected chi connectivity index (χ3v) is 4.52. The van der Waals surface area contributed by atoms with E-state index in [9.17, 15) is 14.9 Å². The number of nitro benzene ring substituents is 1. The largest absolute Gasteiger partial charge is 0.464 e. The molecule has 0 aliphatic carbocycles. The number of nitrogens with zero attached hydrogens (tertiary/aromatic N) is 6. The van der Waals surface area contributed by atoms with Crippen LogP contribution in [0.4, 0.5) is 11.6 Å². The number of carbonyl (C=O) groups excluding carboxylic acids is 1. The minimum Gasteiger partial charge on any atom is -0.464 e. The third kappa shape index (κ3) is 5.08. The normalized spacial score (nSPS) is 10.7. The molecule has 11 nitrogen and oxygen atoms in total. The molecule has 0 aliphatic rings. The van der Waals surface area contributed by atoms with Crippen molar-refractivity contribution in [3.8, 4) is 5.75 Å². The van der Waals surface area contributed by atoms with E-state index in [4.69, 9.17) is 16.3 Å². The summed E-state index contributed by atoms with van der Waals surface area (Å²) in [5.41, 5.74) is 0.900. The van der Waals surface area contributed by atoms with Gasteiger partial charge in [-0.3, -0.25) is 20.2 Å². The molecule has 2 aromatic carbocycles. The first kappa shape index (κ1) is 21.0. The summed E-state index contributed by atoms with van der Waals surface area (Å²) in [5, 5.41) is 22.6. The molecule has 0 bridgehead atoms. The first-order valence-electron chi connectivity index (χ1n) is 9.33. The molecule has 4 aromatic rings. The van der Waals surface area contributed by atoms with E-state index in [0.717, 1.165) is 5.56 Å². The summed E-state index contributed by atoms with van der Waals surface area (Å²) in [7, 11) is 0. The first-order valence-corrected chi connectivity index (χ1v) is 9.70. The number of rotatable bonds is 8. The van der Waals surface area contributed by atoms with Gasteiger partial charge in [0.1, 0.15) is 6.33 Å². The lowest BCUT2D eigenvalue weighted by Crippen LogP contribution is -2.15. The standard InChI is InChI=1S/C20H16ClN7O4/c21-15-5-3-4-14(10-15)11-27-12-22-20(25-27)23-19(29)16-8-9-26(24-16)13-32-18-7-2-1-6-17(18)28(30)31/h1-10,12H,11,13H2,(H,23,25,29). The Labute approximate surface area is 186 Å². The Balaban J connectivity index is 1.35. The van der Waals surface area contributed by atoms with Crippen molar-refractivity contribution in [2.75, 3.05) is 5.32 Å². The fraction of sp³-hybridized carbons (Fsp3) is 0.100. The SMILES string of the molecule is O=C(Nc1ncn(Cc2cccc(Cl)c2)n1)c1ccn(COc2ccccc2[N+](=O)[O-])n1. The van der Waals surface area contributed by atoms with Crippen LogP contribution in [-0.2, 0) is 13.3 Å². The van der Waals surface area contributed by atoms with Crippen LogP contribution in [0.5, 0.6) is 5.75 Å². The summed E-state index contributed by atoms with van der Waals surface area (Å²) in [4.78, 5) is 27.0. The van der Waals surface area contributed by atoms with Gasteiger partial charge in [0, 0.05) is 17.3 Å². The molecule has 1 N–H and O–H groups in total. The quantitative estimate of drug-likeness (QED) is 0.319. The Bertz CT molecular complexity index is 1270. The summed E-state index contributed by atoms with van der Waals surface area (Å²) in [6.07, 6.45) is 3.02. The molecule has 162 valence electrons. The van der Waals surface area contributed by atoms with Gasteiger partial charge < -0.3 is 4.74 Å². The topological polar surface area (TPSA) is 130 Å². The molecule has 0 aliphatic heterocycles. The zero-order valence-corrected chi connectivity index (χ0v) is 17.2. The highest BCUT2D eigenvalue weighted by molar-refractivity contribution is 6.30. The Morgan fingerprint density at radius 1 is 1.12 bits per heavy atom. The van der Waals surface area contributed by atoms with Crippen LogP contribution in [0.1, 0.15) is 16.1 Å². The lowest BCUT2D eigenvalue weighted by molar-refractivity contribution is -0.386. The number of nitrogens with one attached hydrogen (secondary N) is 1. The van der Waals surface area contributed by atoms with Gasteiger partial charge in [-0.25, -0.2) is 14.3 Å². The number of carbonyl (C=O) groups is 1. The van der Waals surface area contributed by atoms with Crippen LogP contribution in [-0.4, -0.2) is 35.4 Å². The average molecular weight is 454 g/mol. The van der Waals surface area contributed by atoms with Crippen molar-refractivity contribution in [2.24, 2.45) is 0 Å². The second-order valence-electron chi connectivity index (χ2n) is 6.59. The predicted molar refractivity (Wildman–Crippen MR) is 114 cm³/mol. The molecule has 0 atom stereocenters. The van der Waals surface area contributed by atoms with E-state index in [0.29, 0.717) is 11.6 Å². The summed E-state index contributed by atoms with van der Waals surface area (Å²) in [6, 6.07) is 14.8. The predicted octanol–water partition coefficient (Wildman–Crippen LogP) is 3.37. The minimum absolute atomic E-state index is 0.105. The molecule has 0 saturated heterocycles. The molecule has 2 heterocycles. The molecular formula is C20H16ClN7O4. The Morgan fingerprint density at radius 3 is 2.78 bits per heavy atom. The maximum atomic E-state index is 12.4. The molecular weight excluding hydrogens is 438 g/mol.